The summed E-state index contributed by atoms with van der Waals surface area (Å²) in [6, 6.07) is 9.09. The van der Waals surface area contributed by atoms with Crippen LogP contribution >= 0.6 is 0 Å². The molecule has 1 fully saturated rings. The monoisotopic (exact) mass is 351 g/mol. The van der Waals surface area contributed by atoms with E-state index in [1.54, 1.807) is 19.5 Å². The highest BCUT2D eigenvalue weighted by atomic mass is 16.5. The third-order valence-electron chi connectivity index (χ3n) is 4.69. The van der Waals surface area contributed by atoms with E-state index < -0.39 is 6.04 Å². The van der Waals surface area contributed by atoms with Crippen LogP contribution in [-0.2, 0) is 0 Å². The van der Waals surface area contributed by atoms with E-state index in [1.807, 2.05) is 30.3 Å². The van der Waals surface area contributed by atoms with Crippen molar-refractivity contribution >= 4 is 16.7 Å². The molecule has 2 N–H and O–H groups in total. The van der Waals surface area contributed by atoms with Gasteiger partial charge in [-0.1, -0.05) is 18.2 Å². The summed E-state index contributed by atoms with van der Waals surface area (Å²) < 4.78 is 5.44. The van der Waals surface area contributed by atoms with Crippen molar-refractivity contribution in [3.05, 3.63) is 54.1 Å². The molecule has 2 aromatic heterocycles. The first-order valence-corrected chi connectivity index (χ1v) is 8.70. The fraction of sp³-hybridized carbons (Fsp3) is 0.316. The normalized spacial score (nSPS) is 16.5. The highest BCUT2D eigenvalue weighted by Gasteiger charge is 2.33. The van der Waals surface area contributed by atoms with E-state index in [2.05, 4.69) is 25.2 Å². The van der Waals surface area contributed by atoms with Crippen molar-refractivity contribution in [2.45, 2.75) is 6.04 Å². The Morgan fingerprint density at radius 1 is 1.27 bits per heavy atom. The number of Topliss-reactive ketones (excluding diaryl/α,β-unsaturated/α-hetero) is 1. The van der Waals surface area contributed by atoms with E-state index in [4.69, 9.17) is 4.74 Å². The van der Waals surface area contributed by atoms with Crippen molar-refractivity contribution in [1.82, 2.24) is 25.2 Å². The molecule has 0 amide bonds. The Kier molecular flexibility index (Phi) is 4.64. The van der Waals surface area contributed by atoms with E-state index in [0.717, 1.165) is 37.1 Å². The number of carbonyl (C=O) groups excluding carboxylic acids is 1. The number of ketones is 1. The zero-order valence-electron chi connectivity index (χ0n) is 14.6. The van der Waals surface area contributed by atoms with E-state index in [-0.39, 0.29) is 5.78 Å². The van der Waals surface area contributed by atoms with Crippen molar-refractivity contribution in [2.75, 3.05) is 33.3 Å². The molecule has 3 heterocycles. The number of H-pyrrole nitrogens is 1. The molecule has 4 rings (SSSR count). The molecule has 1 unspecified atom stereocenters. The standard InChI is InChI=1S/C19H21N5O2/c1-26-19-14(12-13-4-2-3-5-15(13)23-19)17(25)16(18-21-6-7-22-18)24-10-8-20-9-11-24/h2-7,12,16,20H,8-11H2,1H3,(H,21,22). The molecular weight excluding hydrogens is 330 g/mol. The van der Waals surface area contributed by atoms with Crippen LogP contribution in [0.4, 0.5) is 0 Å². The fourth-order valence-corrected chi connectivity index (χ4v) is 3.41. The number of methoxy groups -OCH3 is 1. The first-order valence-electron chi connectivity index (χ1n) is 8.70. The van der Waals surface area contributed by atoms with Crippen LogP contribution in [-0.4, -0.2) is 58.9 Å². The number of nitrogens with one attached hydrogen (secondary N) is 2. The number of fused-ring (bicyclic) bond motifs is 1. The van der Waals surface area contributed by atoms with E-state index in [9.17, 15) is 4.79 Å². The van der Waals surface area contributed by atoms with Gasteiger partial charge in [0.1, 0.15) is 11.9 Å². The molecule has 1 atom stereocenters. The Balaban J connectivity index is 1.79. The highest BCUT2D eigenvalue weighted by Crippen LogP contribution is 2.29. The first kappa shape index (κ1) is 16.7. The molecule has 1 aliphatic rings. The predicted molar refractivity (Wildman–Crippen MR) is 98.4 cm³/mol. The van der Waals surface area contributed by atoms with Gasteiger partial charge in [-0.2, -0.15) is 0 Å². The molecule has 26 heavy (non-hydrogen) atoms. The number of pyridine rings is 1. The number of aromatic amines is 1. The third-order valence-corrected chi connectivity index (χ3v) is 4.69. The molecule has 0 radical (unpaired) electrons. The minimum atomic E-state index is -0.482. The Labute approximate surface area is 151 Å². The number of aromatic nitrogens is 3. The van der Waals surface area contributed by atoms with Gasteiger partial charge in [0.15, 0.2) is 5.78 Å². The van der Waals surface area contributed by atoms with Crippen molar-refractivity contribution in [2.24, 2.45) is 0 Å². The number of ether oxygens (including phenoxy) is 1. The molecular formula is C19H21N5O2. The van der Waals surface area contributed by atoms with Crippen LogP contribution in [0.25, 0.3) is 10.9 Å². The SMILES string of the molecule is COc1nc2ccccc2cc1C(=O)C(c1ncc[nH]1)N1CCNCC1. The van der Waals surface area contributed by atoms with Crippen molar-refractivity contribution in [3.8, 4) is 5.88 Å². The van der Waals surface area contributed by atoms with Crippen LogP contribution in [0, 0.1) is 0 Å². The summed E-state index contributed by atoms with van der Waals surface area (Å²) in [5.41, 5.74) is 1.28. The van der Waals surface area contributed by atoms with Crippen LogP contribution in [0.2, 0.25) is 0 Å². The molecule has 3 aromatic rings. The summed E-state index contributed by atoms with van der Waals surface area (Å²) >= 11 is 0. The number of nitrogens with zero attached hydrogens (tertiary/aromatic N) is 3. The van der Waals surface area contributed by atoms with Gasteiger partial charge in [-0.3, -0.25) is 9.69 Å². The molecule has 0 spiro atoms. The lowest BCUT2D eigenvalue weighted by Gasteiger charge is -2.33. The van der Waals surface area contributed by atoms with Crippen molar-refractivity contribution in [3.63, 3.8) is 0 Å². The molecule has 7 heteroatoms. The predicted octanol–water partition coefficient (Wildman–Crippen LogP) is 1.80. The molecule has 0 bridgehead atoms. The van der Waals surface area contributed by atoms with Gasteiger partial charge in [-0.15, -0.1) is 0 Å². The zero-order chi connectivity index (χ0) is 17.9. The quantitative estimate of drug-likeness (QED) is 0.682. The number of hydrogen-bond donors (Lipinski definition) is 2. The van der Waals surface area contributed by atoms with Crippen LogP contribution < -0.4 is 10.1 Å². The summed E-state index contributed by atoms with van der Waals surface area (Å²) in [6.07, 6.45) is 3.42. The molecule has 1 saturated heterocycles. The average molecular weight is 351 g/mol. The van der Waals surface area contributed by atoms with Gasteiger partial charge in [0.05, 0.1) is 18.2 Å². The van der Waals surface area contributed by atoms with Gasteiger partial charge < -0.3 is 15.0 Å². The third kappa shape index (κ3) is 3.07. The van der Waals surface area contributed by atoms with Gasteiger partial charge in [0.25, 0.3) is 0 Å². The smallest absolute Gasteiger partial charge is 0.224 e. The first-order chi connectivity index (χ1) is 12.8. The lowest BCUT2D eigenvalue weighted by Crippen LogP contribution is -2.47. The minimum Gasteiger partial charge on any atom is -0.480 e. The van der Waals surface area contributed by atoms with Gasteiger partial charge in [0, 0.05) is 44.0 Å². The van der Waals surface area contributed by atoms with Crippen LogP contribution in [0.15, 0.2) is 42.7 Å². The Morgan fingerprint density at radius 3 is 2.81 bits per heavy atom. The number of hydrogen-bond acceptors (Lipinski definition) is 6. The number of rotatable bonds is 5. The molecule has 0 saturated carbocycles. The molecule has 1 aromatic carbocycles. The summed E-state index contributed by atoms with van der Waals surface area (Å²) in [7, 11) is 1.54. The second-order valence-electron chi connectivity index (χ2n) is 6.27. The van der Waals surface area contributed by atoms with E-state index >= 15 is 0 Å². The molecule has 134 valence electrons. The summed E-state index contributed by atoms with van der Waals surface area (Å²) in [5.74, 6) is 0.935. The lowest BCUT2D eigenvalue weighted by molar-refractivity contribution is 0.0780. The summed E-state index contributed by atoms with van der Waals surface area (Å²) in [6.45, 7) is 3.25. The molecule has 0 aliphatic carbocycles. The van der Waals surface area contributed by atoms with Gasteiger partial charge in [-0.25, -0.2) is 9.97 Å². The minimum absolute atomic E-state index is 0.0584. The van der Waals surface area contributed by atoms with Gasteiger partial charge >= 0.3 is 0 Å². The lowest BCUT2D eigenvalue weighted by atomic mass is 10.0. The fourth-order valence-electron chi connectivity index (χ4n) is 3.41. The number of imidazole rings is 1. The molecule has 7 nitrogen and oxygen atoms in total. The van der Waals surface area contributed by atoms with Gasteiger partial charge in [-0.05, 0) is 12.1 Å². The Morgan fingerprint density at radius 2 is 2.08 bits per heavy atom. The van der Waals surface area contributed by atoms with Crippen LogP contribution in [0.1, 0.15) is 22.2 Å². The highest BCUT2D eigenvalue weighted by molar-refractivity contribution is 6.04. The number of para-hydroxylation sites is 1. The van der Waals surface area contributed by atoms with Gasteiger partial charge in [0.2, 0.25) is 5.88 Å². The number of piperazine rings is 1. The largest absolute Gasteiger partial charge is 0.480 e. The second kappa shape index (κ2) is 7.23. The maximum absolute atomic E-state index is 13.5. The summed E-state index contributed by atoms with van der Waals surface area (Å²) in [4.78, 5) is 27.6. The maximum atomic E-state index is 13.5. The summed E-state index contributed by atoms with van der Waals surface area (Å²) in [5, 5.41) is 4.23. The van der Waals surface area contributed by atoms with Crippen molar-refractivity contribution in [1.29, 1.82) is 0 Å². The topological polar surface area (TPSA) is 83.1 Å². The van der Waals surface area contributed by atoms with Crippen molar-refractivity contribution < 1.29 is 9.53 Å². The average Bonchev–Trinajstić information content (AvgIpc) is 3.22. The van der Waals surface area contributed by atoms with E-state index in [0.29, 0.717) is 17.3 Å². The number of carbonyl (C=O) groups is 1. The van der Waals surface area contributed by atoms with Crippen LogP contribution in [0.5, 0.6) is 5.88 Å². The zero-order valence-corrected chi connectivity index (χ0v) is 14.6. The maximum Gasteiger partial charge on any atom is 0.224 e. The van der Waals surface area contributed by atoms with E-state index in [1.165, 1.54) is 0 Å². The second-order valence-corrected chi connectivity index (χ2v) is 6.27. The Bertz CT molecular complexity index is 903. The number of benzene rings is 1. The van der Waals surface area contributed by atoms with Crippen LogP contribution in [0.3, 0.4) is 0 Å². The molecule has 1 aliphatic heterocycles. The Hall–Kier alpha value is -2.77.